The first-order valence-electron chi connectivity index (χ1n) is 8.03. The van der Waals surface area contributed by atoms with Crippen molar-refractivity contribution in [3.63, 3.8) is 0 Å². The van der Waals surface area contributed by atoms with E-state index in [1.807, 2.05) is 32.9 Å². The third-order valence-electron chi connectivity index (χ3n) is 3.95. The SMILES string of the molecule is CC(C)(C)OC(=O)N1CCC(C)(OCc2cccc(Br)c2)CC1. The van der Waals surface area contributed by atoms with Crippen LogP contribution in [0.15, 0.2) is 28.7 Å². The zero-order chi connectivity index (χ0) is 17.1. The van der Waals surface area contributed by atoms with Gasteiger partial charge in [0.1, 0.15) is 5.60 Å². The van der Waals surface area contributed by atoms with E-state index >= 15 is 0 Å². The average molecular weight is 384 g/mol. The van der Waals surface area contributed by atoms with Crippen LogP contribution in [0.2, 0.25) is 0 Å². The number of carbonyl (C=O) groups is 1. The van der Waals surface area contributed by atoms with Crippen molar-refractivity contribution < 1.29 is 14.3 Å². The van der Waals surface area contributed by atoms with Gasteiger partial charge in [0, 0.05) is 17.6 Å². The Morgan fingerprint density at radius 2 is 1.96 bits per heavy atom. The fourth-order valence-electron chi connectivity index (χ4n) is 2.52. The maximum Gasteiger partial charge on any atom is 0.410 e. The largest absolute Gasteiger partial charge is 0.444 e. The molecule has 128 valence electrons. The van der Waals surface area contributed by atoms with E-state index in [-0.39, 0.29) is 11.7 Å². The number of rotatable bonds is 3. The summed E-state index contributed by atoms with van der Waals surface area (Å²) >= 11 is 3.48. The lowest BCUT2D eigenvalue weighted by Crippen LogP contribution is -2.47. The smallest absolute Gasteiger partial charge is 0.410 e. The summed E-state index contributed by atoms with van der Waals surface area (Å²) in [6.45, 7) is 9.72. The van der Waals surface area contributed by atoms with Crippen LogP contribution in [0.25, 0.3) is 0 Å². The molecule has 1 saturated heterocycles. The Bertz CT molecular complexity index is 545. The Hall–Kier alpha value is -1.07. The van der Waals surface area contributed by atoms with Gasteiger partial charge in [0.05, 0.1) is 12.2 Å². The second-order valence-corrected chi connectivity index (χ2v) is 8.25. The molecule has 5 heteroatoms. The third kappa shape index (κ3) is 5.81. The molecule has 0 unspecified atom stereocenters. The first-order chi connectivity index (χ1) is 10.7. The Balaban J connectivity index is 1.83. The number of carbonyl (C=O) groups excluding carboxylic acids is 1. The number of nitrogens with zero attached hydrogens (tertiary/aromatic N) is 1. The topological polar surface area (TPSA) is 38.8 Å². The van der Waals surface area contributed by atoms with Crippen molar-refractivity contribution >= 4 is 22.0 Å². The van der Waals surface area contributed by atoms with Gasteiger partial charge >= 0.3 is 6.09 Å². The van der Waals surface area contributed by atoms with Crippen LogP contribution in [0.4, 0.5) is 4.79 Å². The van der Waals surface area contributed by atoms with Crippen LogP contribution in [0.1, 0.15) is 46.1 Å². The molecule has 0 spiro atoms. The summed E-state index contributed by atoms with van der Waals surface area (Å²) in [5.74, 6) is 0. The van der Waals surface area contributed by atoms with Crippen LogP contribution >= 0.6 is 15.9 Å². The first kappa shape index (κ1) is 18.3. The van der Waals surface area contributed by atoms with Gasteiger partial charge in [-0.3, -0.25) is 0 Å². The predicted octanol–water partition coefficient (Wildman–Crippen LogP) is 4.76. The Labute approximate surface area is 147 Å². The average Bonchev–Trinajstić information content (AvgIpc) is 2.44. The summed E-state index contributed by atoms with van der Waals surface area (Å²) in [4.78, 5) is 13.9. The van der Waals surface area contributed by atoms with Crippen LogP contribution in [-0.4, -0.2) is 35.3 Å². The third-order valence-corrected chi connectivity index (χ3v) is 4.44. The van der Waals surface area contributed by atoms with Crippen molar-refractivity contribution in [1.29, 1.82) is 0 Å². The van der Waals surface area contributed by atoms with Gasteiger partial charge in [-0.1, -0.05) is 28.1 Å². The van der Waals surface area contributed by atoms with E-state index < -0.39 is 5.60 Å². The van der Waals surface area contributed by atoms with Gasteiger partial charge in [0.25, 0.3) is 0 Å². The Morgan fingerprint density at radius 3 is 2.52 bits per heavy atom. The quantitative estimate of drug-likeness (QED) is 0.755. The molecule has 0 N–H and O–H groups in total. The number of likely N-dealkylation sites (tertiary alicyclic amines) is 1. The van der Waals surface area contributed by atoms with Crippen LogP contribution in [-0.2, 0) is 16.1 Å². The van der Waals surface area contributed by atoms with E-state index in [0.717, 1.165) is 22.9 Å². The molecule has 1 aliphatic heterocycles. The van der Waals surface area contributed by atoms with Gasteiger partial charge in [0.2, 0.25) is 0 Å². The molecule has 0 aliphatic carbocycles. The Kier molecular flexibility index (Phi) is 5.74. The van der Waals surface area contributed by atoms with Crippen molar-refractivity contribution in [1.82, 2.24) is 4.90 Å². The van der Waals surface area contributed by atoms with Gasteiger partial charge in [-0.15, -0.1) is 0 Å². The number of piperidine rings is 1. The van der Waals surface area contributed by atoms with Crippen molar-refractivity contribution in [2.75, 3.05) is 13.1 Å². The zero-order valence-electron chi connectivity index (χ0n) is 14.4. The second kappa shape index (κ2) is 7.22. The van der Waals surface area contributed by atoms with Crippen molar-refractivity contribution in [3.8, 4) is 0 Å². The van der Waals surface area contributed by atoms with E-state index in [1.54, 1.807) is 4.90 Å². The molecule has 1 aromatic rings. The number of hydrogen-bond donors (Lipinski definition) is 0. The van der Waals surface area contributed by atoms with Crippen LogP contribution < -0.4 is 0 Å². The monoisotopic (exact) mass is 383 g/mol. The Morgan fingerprint density at radius 1 is 1.30 bits per heavy atom. The summed E-state index contributed by atoms with van der Waals surface area (Å²) in [6.07, 6.45) is 1.41. The highest BCUT2D eigenvalue weighted by Crippen LogP contribution is 2.28. The number of ether oxygens (including phenoxy) is 2. The maximum atomic E-state index is 12.1. The van der Waals surface area contributed by atoms with E-state index in [4.69, 9.17) is 9.47 Å². The molecule has 1 aromatic carbocycles. The van der Waals surface area contributed by atoms with Crippen LogP contribution in [0, 0.1) is 0 Å². The molecule has 1 amide bonds. The molecule has 4 nitrogen and oxygen atoms in total. The number of amides is 1. The first-order valence-corrected chi connectivity index (χ1v) is 8.83. The van der Waals surface area contributed by atoms with Gasteiger partial charge < -0.3 is 14.4 Å². The lowest BCUT2D eigenvalue weighted by atomic mass is 9.93. The van der Waals surface area contributed by atoms with Crippen LogP contribution in [0.5, 0.6) is 0 Å². The molecule has 2 rings (SSSR count). The van der Waals surface area contributed by atoms with Crippen molar-refractivity contribution in [2.24, 2.45) is 0 Å². The van der Waals surface area contributed by atoms with Crippen LogP contribution in [0.3, 0.4) is 0 Å². The second-order valence-electron chi connectivity index (χ2n) is 7.34. The summed E-state index contributed by atoms with van der Waals surface area (Å²) in [5, 5.41) is 0. The van der Waals surface area contributed by atoms with Crippen molar-refractivity contribution in [2.45, 2.75) is 58.3 Å². The maximum absolute atomic E-state index is 12.1. The minimum Gasteiger partial charge on any atom is -0.444 e. The van der Waals surface area contributed by atoms with Crippen molar-refractivity contribution in [3.05, 3.63) is 34.3 Å². The minimum atomic E-state index is -0.449. The molecular formula is C18H26BrNO3. The van der Waals surface area contributed by atoms with E-state index in [1.165, 1.54) is 0 Å². The molecule has 0 atom stereocenters. The molecule has 1 heterocycles. The van der Waals surface area contributed by atoms with E-state index in [2.05, 4.69) is 35.0 Å². The minimum absolute atomic E-state index is 0.194. The highest BCUT2D eigenvalue weighted by atomic mass is 79.9. The summed E-state index contributed by atoms with van der Waals surface area (Å²) < 4.78 is 12.6. The van der Waals surface area contributed by atoms with Gasteiger partial charge in [-0.25, -0.2) is 4.79 Å². The molecule has 0 radical (unpaired) electrons. The molecule has 1 fully saturated rings. The standard InChI is InChI=1S/C18H26BrNO3/c1-17(2,3)23-16(21)20-10-8-18(4,9-11-20)22-13-14-6-5-7-15(19)12-14/h5-7,12H,8-11,13H2,1-4H3. The summed E-state index contributed by atoms with van der Waals surface area (Å²) in [7, 11) is 0. The van der Waals surface area contributed by atoms with Gasteiger partial charge in [0.15, 0.2) is 0 Å². The molecule has 0 aromatic heterocycles. The highest BCUT2D eigenvalue weighted by Gasteiger charge is 2.34. The molecule has 23 heavy (non-hydrogen) atoms. The zero-order valence-corrected chi connectivity index (χ0v) is 16.0. The fraction of sp³-hybridized carbons (Fsp3) is 0.611. The molecule has 0 saturated carbocycles. The normalized spacial score (nSPS) is 17.9. The lowest BCUT2D eigenvalue weighted by molar-refractivity contribution is -0.0812. The highest BCUT2D eigenvalue weighted by molar-refractivity contribution is 9.10. The number of halogens is 1. The number of benzene rings is 1. The predicted molar refractivity (Wildman–Crippen MR) is 94.4 cm³/mol. The summed E-state index contributed by atoms with van der Waals surface area (Å²) in [6, 6.07) is 8.14. The van der Waals surface area contributed by atoms with Gasteiger partial charge in [-0.05, 0) is 58.2 Å². The van der Waals surface area contributed by atoms with E-state index in [9.17, 15) is 4.79 Å². The molecule has 1 aliphatic rings. The molecule has 0 bridgehead atoms. The number of hydrogen-bond acceptors (Lipinski definition) is 3. The van der Waals surface area contributed by atoms with E-state index in [0.29, 0.717) is 19.7 Å². The van der Waals surface area contributed by atoms with Gasteiger partial charge in [-0.2, -0.15) is 0 Å². The summed E-state index contributed by atoms with van der Waals surface area (Å²) in [5.41, 5.74) is 0.505. The fourth-order valence-corrected chi connectivity index (χ4v) is 2.96. The lowest BCUT2D eigenvalue weighted by Gasteiger charge is -2.39. The molecular weight excluding hydrogens is 358 g/mol.